The largest absolute Gasteiger partial charge is 0.481 e. The fourth-order valence-electron chi connectivity index (χ4n) is 8.21. The van der Waals surface area contributed by atoms with Crippen LogP contribution in [-0.4, -0.2) is 84.0 Å². The molecule has 4 rings (SSSR count). The van der Waals surface area contributed by atoms with E-state index in [1.54, 1.807) is 19.1 Å². The Balaban J connectivity index is 1.71. The van der Waals surface area contributed by atoms with Crippen molar-refractivity contribution in [3.05, 3.63) is 83.6 Å². The fourth-order valence-corrected chi connectivity index (χ4v) is 9.23. The molecule has 328 valence electrons. The lowest BCUT2D eigenvalue weighted by Gasteiger charge is -2.30. The zero-order valence-corrected chi connectivity index (χ0v) is 36.6. The second kappa shape index (κ2) is 20.8. The van der Waals surface area contributed by atoms with E-state index in [2.05, 4.69) is 9.48 Å². The molecule has 60 heavy (non-hydrogen) atoms. The number of rotatable bonds is 24. The van der Waals surface area contributed by atoms with Crippen LogP contribution in [0.2, 0.25) is 0 Å². The average Bonchev–Trinajstić information content (AvgIpc) is 3.52. The summed E-state index contributed by atoms with van der Waals surface area (Å²) < 4.78 is 75.8. The maximum absolute atomic E-state index is 12.3. The number of esters is 1. The third kappa shape index (κ3) is 12.2. The summed E-state index contributed by atoms with van der Waals surface area (Å²) in [4.78, 5) is 36.0. The highest BCUT2D eigenvalue weighted by atomic mass is 32.2. The minimum atomic E-state index is -4.52. The minimum absolute atomic E-state index is 0.0423. The molecule has 0 radical (unpaired) electrons. The Morgan fingerprint density at radius 2 is 1.32 bits per heavy atom. The first-order chi connectivity index (χ1) is 28.2. The number of anilines is 1. The molecule has 16 heteroatoms. The third-order valence-corrected chi connectivity index (χ3v) is 13.0. The Labute approximate surface area is 353 Å². The predicted molar refractivity (Wildman–Crippen MR) is 228 cm³/mol. The van der Waals surface area contributed by atoms with Crippen LogP contribution in [-0.2, 0) is 50.2 Å². The lowest BCUT2D eigenvalue weighted by molar-refractivity contribution is -0.438. The van der Waals surface area contributed by atoms with E-state index in [0.717, 1.165) is 40.3 Å². The lowest BCUT2D eigenvalue weighted by Crippen LogP contribution is -2.29. The first-order valence-electron chi connectivity index (χ1n) is 20.5. The van der Waals surface area contributed by atoms with E-state index in [1.807, 2.05) is 51.2 Å². The average molecular weight is 872 g/mol. The number of carboxylic acids is 2. The van der Waals surface area contributed by atoms with Crippen LogP contribution < -0.4 is 4.90 Å². The lowest BCUT2D eigenvalue weighted by atomic mass is 9.77. The molecule has 0 bridgehead atoms. The van der Waals surface area contributed by atoms with Crippen LogP contribution in [0.3, 0.4) is 0 Å². The molecule has 0 amide bonds. The monoisotopic (exact) mass is 871 g/mol. The number of fused-ring (bicyclic) bond motifs is 2. The summed E-state index contributed by atoms with van der Waals surface area (Å²) in [6.07, 6.45) is 16.3. The molecule has 4 N–H and O–H groups in total. The van der Waals surface area contributed by atoms with Crippen LogP contribution in [0.25, 0.3) is 0 Å². The summed E-state index contributed by atoms with van der Waals surface area (Å²) >= 11 is 0. The molecule has 0 aliphatic carbocycles. The molecule has 0 saturated carbocycles. The van der Waals surface area contributed by atoms with Gasteiger partial charge in [0.25, 0.3) is 20.2 Å². The van der Waals surface area contributed by atoms with Crippen LogP contribution >= 0.6 is 0 Å². The van der Waals surface area contributed by atoms with Crippen LogP contribution in [0.15, 0.2) is 82.3 Å². The topological polar surface area (TPSA) is 216 Å². The second-order valence-electron chi connectivity index (χ2n) is 16.0. The summed E-state index contributed by atoms with van der Waals surface area (Å²) in [5.74, 6) is -1.98. The summed E-state index contributed by atoms with van der Waals surface area (Å²) in [6.45, 7) is 9.16. The van der Waals surface area contributed by atoms with Crippen molar-refractivity contribution in [1.29, 1.82) is 0 Å². The van der Waals surface area contributed by atoms with Gasteiger partial charge in [0.2, 0.25) is 5.69 Å². The van der Waals surface area contributed by atoms with Crippen molar-refractivity contribution in [2.75, 3.05) is 24.6 Å². The molecule has 0 aromatic heterocycles. The third-order valence-electron chi connectivity index (χ3n) is 11.3. The van der Waals surface area contributed by atoms with Crippen molar-refractivity contribution < 1.29 is 59.9 Å². The predicted octanol–water partition coefficient (Wildman–Crippen LogP) is 8.13. The Hall–Kier alpha value is -4.64. The van der Waals surface area contributed by atoms with Crippen LogP contribution in [0.4, 0.5) is 11.4 Å². The Morgan fingerprint density at radius 3 is 1.93 bits per heavy atom. The van der Waals surface area contributed by atoms with Crippen molar-refractivity contribution in [2.45, 2.75) is 132 Å². The molecular formula is C44H59N2O12S2+. The molecular weight excluding hydrogens is 813 g/mol. The number of hydrogen-bond donors (Lipinski definition) is 4. The molecule has 1 unspecified atom stereocenters. The Kier molecular flexibility index (Phi) is 16.6. The second-order valence-corrected chi connectivity index (χ2v) is 18.9. The van der Waals surface area contributed by atoms with Gasteiger partial charge >= 0.3 is 17.9 Å². The number of ether oxygens (including phenoxy) is 1. The summed E-state index contributed by atoms with van der Waals surface area (Å²) in [6, 6.07) is 9.13. The summed E-state index contributed by atoms with van der Waals surface area (Å²) in [7, 11) is -8.97. The fraction of sp³-hybridized carbons (Fsp3) is 0.500. The van der Waals surface area contributed by atoms with Crippen molar-refractivity contribution >= 4 is 55.2 Å². The number of allylic oxidation sites excluding steroid dienone is 6. The molecule has 2 aliphatic rings. The minimum Gasteiger partial charge on any atom is -0.481 e. The normalized spacial score (nSPS) is 18.2. The van der Waals surface area contributed by atoms with E-state index in [-0.39, 0.29) is 28.6 Å². The SMILES string of the molecule is CCOC(=O)CCCCCN1C(=CC=CC=CC2=[N+](CCCCCC(=O)O)c3ccc(S(=O)(=O)O)cc3C2(C)C)C(C)(CCCCCC(=O)O)c2cc(S(=O)(=O)O)ccc21. The van der Waals surface area contributed by atoms with Gasteiger partial charge in [-0.05, 0) is 108 Å². The van der Waals surface area contributed by atoms with Gasteiger partial charge in [-0.2, -0.15) is 21.4 Å². The van der Waals surface area contributed by atoms with E-state index in [1.165, 1.54) is 24.3 Å². The van der Waals surface area contributed by atoms with Gasteiger partial charge < -0.3 is 19.8 Å². The van der Waals surface area contributed by atoms with Crippen LogP contribution in [0.5, 0.6) is 0 Å². The number of hydrogen-bond acceptors (Lipinski definition) is 9. The highest BCUT2D eigenvalue weighted by Gasteiger charge is 2.45. The zero-order chi connectivity index (χ0) is 44.3. The van der Waals surface area contributed by atoms with Crippen molar-refractivity contribution in [2.24, 2.45) is 0 Å². The van der Waals surface area contributed by atoms with E-state index >= 15 is 0 Å². The maximum Gasteiger partial charge on any atom is 0.305 e. The molecule has 2 aromatic rings. The number of carbonyl (C=O) groups excluding carboxylic acids is 1. The summed E-state index contributed by atoms with van der Waals surface area (Å²) in [5, 5.41) is 18.3. The van der Waals surface area contributed by atoms with Crippen LogP contribution in [0.1, 0.15) is 122 Å². The summed E-state index contributed by atoms with van der Waals surface area (Å²) in [5.41, 5.74) is 3.41. The van der Waals surface area contributed by atoms with Crippen molar-refractivity contribution in [3.8, 4) is 0 Å². The quantitative estimate of drug-likeness (QED) is 0.0258. The number of carbonyl (C=O) groups is 3. The maximum atomic E-state index is 12.3. The van der Waals surface area contributed by atoms with E-state index in [0.29, 0.717) is 83.9 Å². The van der Waals surface area contributed by atoms with Gasteiger partial charge in [0.15, 0.2) is 5.71 Å². The zero-order valence-electron chi connectivity index (χ0n) is 34.9. The first-order valence-corrected chi connectivity index (χ1v) is 23.4. The number of nitrogens with zero attached hydrogens (tertiary/aromatic N) is 2. The first kappa shape index (κ1) is 48.0. The van der Waals surface area contributed by atoms with Crippen LogP contribution in [0, 0.1) is 0 Å². The van der Waals surface area contributed by atoms with Gasteiger partial charge in [0, 0.05) is 66.7 Å². The smallest absolute Gasteiger partial charge is 0.305 e. The number of benzene rings is 2. The van der Waals surface area contributed by atoms with E-state index in [9.17, 15) is 45.4 Å². The number of carboxylic acid groups (broad SMARTS) is 2. The van der Waals surface area contributed by atoms with Gasteiger partial charge in [-0.25, -0.2) is 0 Å². The molecule has 1 atom stereocenters. The number of unbranched alkanes of at least 4 members (excludes halogenated alkanes) is 6. The molecule has 14 nitrogen and oxygen atoms in total. The standard InChI is InChI=1S/C44H58N2O12S2/c1-5-58-42(51)22-14-9-17-29-46-37-26-24-33(60(55,56)57)31-35(37)44(4,27-15-7-12-20-40(47)48)39(46)19-11-6-10-18-38-43(2,3)34-30-32(59(52,53)54)23-25-36(34)45(38)28-16-8-13-21-41(49)50/h6,10-11,18-19,23-26,30-31H,5,7-9,12-17,20-22,27-29H2,1-4H3,(H3-,47,48,49,50,52,53,54,55,56,57)/p+1. The highest BCUT2D eigenvalue weighted by molar-refractivity contribution is 7.86. The van der Waals surface area contributed by atoms with Crippen molar-refractivity contribution in [1.82, 2.24) is 0 Å². The molecule has 0 fully saturated rings. The number of aliphatic carboxylic acids is 2. The van der Waals surface area contributed by atoms with Crippen molar-refractivity contribution in [3.63, 3.8) is 0 Å². The van der Waals surface area contributed by atoms with E-state index < -0.39 is 43.0 Å². The molecule has 0 spiro atoms. The van der Waals surface area contributed by atoms with Gasteiger partial charge in [-0.3, -0.25) is 23.5 Å². The molecule has 0 saturated heterocycles. The molecule has 2 heterocycles. The molecule has 2 aromatic carbocycles. The Bertz CT molecular complexity index is 2260. The van der Waals surface area contributed by atoms with Gasteiger partial charge in [-0.1, -0.05) is 37.5 Å². The van der Waals surface area contributed by atoms with Gasteiger partial charge in [0.1, 0.15) is 6.54 Å². The van der Waals surface area contributed by atoms with E-state index in [4.69, 9.17) is 9.84 Å². The van der Waals surface area contributed by atoms with Gasteiger partial charge in [-0.15, -0.1) is 0 Å². The Morgan fingerprint density at radius 1 is 0.733 bits per heavy atom. The highest BCUT2D eigenvalue weighted by Crippen LogP contribution is 2.51. The van der Waals surface area contributed by atoms with Gasteiger partial charge in [0.05, 0.1) is 21.8 Å². The molecule has 2 aliphatic heterocycles.